The number of ether oxygens (including phenoxy) is 1. The lowest BCUT2D eigenvalue weighted by molar-refractivity contribution is 0.0705. The average Bonchev–Trinajstić information content (AvgIpc) is 2.80. The van der Waals surface area contributed by atoms with Crippen molar-refractivity contribution in [1.82, 2.24) is 0 Å². The van der Waals surface area contributed by atoms with E-state index in [1.54, 1.807) is 0 Å². The highest BCUT2D eigenvalue weighted by Gasteiger charge is 2.17. The van der Waals surface area contributed by atoms with Gasteiger partial charge in [0.25, 0.3) is 0 Å². The molecular weight excluding hydrogens is 240 g/mol. The third-order valence-corrected chi connectivity index (χ3v) is 3.91. The zero-order chi connectivity index (χ0) is 13.1. The number of carbonyl (C=O) groups is 1. The van der Waals surface area contributed by atoms with E-state index in [1.807, 2.05) is 24.3 Å². The van der Waals surface area contributed by atoms with Gasteiger partial charge in [-0.2, -0.15) is 0 Å². The Kier molecular flexibility index (Phi) is 3.65. The van der Waals surface area contributed by atoms with Crippen molar-refractivity contribution < 1.29 is 13.9 Å². The van der Waals surface area contributed by atoms with Crippen LogP contribution in [0.1, 0.15) is 36.0 Å². The third kappa shape index (κ3) is 2.71. The highest BCUT2D eigenvalue weighted by Crippen LogP contribution is 2.29. The maximum Gasteiger partial charge on any atom is 0.192 e. The van der Waals surface area contributed by atoms with Gasteiger partial charge in [0.05, 0.1) is 5.56 Å². The summed E-state index contributed by atoms with van der Waals surface area (Å²) in [7, 11) is 0. The van der Waals surface area contributed by atoms with Gasteiger partial charge in [-0.25, -0.2) is 0 Å². The molecule has 3 rings (SSSR count). The average molecular weight is 258 g/mol. The van der Waals surface area contributed by atoms with Gasteiger partial charge in [0.15, 0.2) is 5.78 Å². The van der Waals surface area contributed by atoms with Crippen molar-refractivity contribution in [2.45, 2.75) is 25.7 Å². The summed E-state index contributed by atoms with van der Waals surface area (Å²) in [5, 5.41) is 0.870. The fourth-order valence-electron chi connectivity index (χ4n) is 2.47. The van der Waals surface area contributed by atoms with Crippen LogP contribution in [0.3, 0.4) is 0 Å². The number of Topliss-reactive ketones (excluding diaryl/α,β-unsaturated/α-hetero) is 1. The molecule has 1 aliphatic carbocycles. The fourth-order valence-corrected chi connectivity index (χ4v) is 2.47. The summed E-state index contributed by atoms with van der Waals surface area (Å²) in [6.45, 7) is 0.836. The van der Waals surface area contributed by atoms with E-state index < -0.39 is 0 Å². The zero-order valence-electron chi connectivity index (χ0n) is 10.9. The van der Waals surface area contributed by atoms with Crippen LogP contribution in [0.5, 0.6) is 0 Å². The van der Waals surface area contributed by atoms with Crippen LogP contribution in [-0.2, 0) is 4.74 Å². The van der Waals surface area contributed by atoms with Crippen LogP contribution in [0.2, 0.25) is 0 Å². The Morgan fingerprint density at radius 1 is 1.32 bits per heavy atom. The molecule has 100 valence electrons. The molecule has 19 heavy (non-hydrogen) atoms. The fraction of sp³-hybridized carbons (Fsp3) is 0.438. The van der Waals surface area contributed by atoms with E-state index in [9.17, 15) is 4.79 Å². The second kappa shape index (κ2) is 5.57. The Hall–Kier alpha value is -1.61. The van der Waals surface area contributed by atoms with Gasteiger partial charge in [-0.3, -0.25) is 4.79 Å². The normalized spacial score (nSPS) is 15.6. The van der Waals surface area contributed by atoms with Gasteiger partial charge in [-0.05, 0) is 18.4 Å². The van der Waals surface area contributed by atoms with Crippen LogP contribution in [-0.4, -0.2) is 19.0 Å². The maximum atomic E-state index is 12.1. The second-order valence-electron chi connectivity index (χ2n) is 5.21. The topological polar surface area (TPSA) is 39.4 Å². The van der Waals surface area contributed by atoms with Gasteiger partial charge < -0.3 is 9.15 Å². The molecule has 1 aromatic carbocycles. The molecule has 2 aromatic rings. The summed E-state index contributed by atoms with van der Waals surface area (Å²) in [5.41, 5.74) is 1.37. The second-order valence-corrected chi connectivity index (χ2v) is 5.21. The van der Waals surface area contributed by atoms with Crippen molar-refractivity contribution in [3.05, 3.63) is 36.1 Å². The number of fused-ring (bicyclic) bond motifs is 1. The minimum Gasteiger partial charge on any atom is -0.464 e. The first-order valence-corrected chi connectivity index (χ1v) is 6.92. The van der Waals surface area contributed by atoms with E-state index in [-0.39, 0.29) is 12.4 Å². The maximum absolute atomic E-state index is 12.1. The zero-order valence-corrected chi connectivity index (χ0v) is 10.9. The highest BCUT2D eigenvalue weighted by atomic mass is 16.5. The number of carbonyl (C=O) groups excluding carboxylic acids is 1. The van der Waals surface area contributed by atoms with Crippen molar-refractivity contribution in [3.8, 4) is 0 Å². The number of rotatable bonds is 6. The van der Waals surface area contributed by atoms with Crippen LogP contribution in [0.25, 0.3) is 11.0 Å². The van der Waals surface area contributed by atoms with E-state index in [0.29, 0.717) is 12.2 Å². The molecule has 0 unspecified atom stereocenters. The molecule has 0 radical (unpaired) electrons. The molecule has 0 amide bonds. The molecule has 3 heteroatoms. The van der Waals surface area contributed by atoms with Crippen molar-refractivity contribution >= 4 is 16.8 Å². The summed E-state index contributed by atoms with van der Waals surface area (Å²) in [4.78, 5) is 12.1. The molecule has 0 spiro atoms. The summed E-state index contributed by atoms with van der Waals surface area (Å²) >= 11 is 0. The Morgan fingerprint density at radius 3 is 2.95 bits per heavy atom. The lowest BCUT2D eigenvalue weighted by Crippen LogP contribution is -2.15. The highest BCUT2D eigenvalue weighted by molar-refractivity contribution is 6.07. The predicted octanol–water partition coefficient (Wildman–Crippen LogP) is 3.82. The Bertz CT molecular complexity index is 566. The van der Waals surface area contributed by atoms with Gasteiger partial charge >= 0.3 is 0 Å². The van der Waals surface area contributed by atoms with Crippen LogP contribution in [0.15, 0.2) is 34.9 Å². The molecule has 3 nitrogen and oxygen atoms in total. The lowest BCUT2D eigenvalue weighted by atomic mass is 9.83. The molecule has 0 aliphatic heterocycles. The number of ketones is 1. The first-order chi connectivity index (χ1) is 9.34. The number of para-hydroxylation sites is 1. The van der Waals surface area contributed by atoms with Gasteiger partial charge in [0.2, 0.25) is 0 Å². The smallest absolute Gasteiger partial charge is 0.192 e. The van der Waals surface area contributed by atoms with Gasteiger partial charge in [0, 0.05) is 12.0 Å². The largest absolute Gasteiger partial charge is 0.464 e. The SMILES string of the molecule is O=C(COCCC1CCC1)c1coc2ccccc12. The molecule has 1 heterocycles. The summed E-state index contributed by atoms with van der Waals surface area (Å²) < 4.78 is 10.8. The van der Waals surface area contributed by atoms with E-state index in [4.69, 9.17) is 9.15 Å². The van der Waals surface area contributed by atoms with Crippen molar-refractivity contribution in [2.24, 2.45) is 5.92 Å². The van der Waals surface area contributed by atoms with Gasteiger partial charge in [-0.15, -0.1) is 0 Å². The molecule has 1 fully saturated rings. The lowest BCUT2D eigenvalue weighted by Gasteiger charge is -2.24. The van der Waals surface area contributed by atoms with E-state index >= 15 is 0 Å². The molecule has 0 atom stereocenters. The van der Waals surface area contributed by atoms with Gasteiger partial charge in [0.1, 0.15) is 18.5 Å². The van der Waals surface area contributed by atoms with Crippen molar-refractivity contribution in [2.75, 3.05) is 13.2 Å². The number of furan rings is 1. The molecule has 0 saturated heterocycles. The Balaban J connectivity index is 1.54. The number of hydrogen-bond donors (Lipinski definition) is 0. The summed E-state index contributed by atoms with van der Waals surface area (Å²) in [6, 6.07) is 7.57. The van der Waals surface area contributed by atoms with E-state index in [1.165, 1.54) is 25.5 Å². The van der Waals surface area contributed by atoms with E-state index in [2.05, 4.69) is 0 Å². The Labute approximate surface area is 112 Å². The van der Waals surface area contributed by atoms with Gasteiger partial charge in [-0.1, -0.05) is 37.5 Å². The monoisotopic (exact) mass is 258 g/mol. The third-order valence-electron chi connectivity index (χ3n) is 3.91. The molecule has 1 aliphatic rings. The predicted molar refractivity (Wildman–Crippen MR) is 73.3 cm³/mol. The van der Waals surface area contributed by atoms with Crippen LogP contribution < -0.4 is 0 Å². The molecule has 1 aromatic heterocycles. The first kappa shape index (κ1) is 12.4. The molecule has 0 bridgehead atoms. The summed E-state index contributed by atoms with van der Waals surface area (Å²) in [5.74, 6) is 0.823. The molecular formula is C16H18O3. The van der Waals surface area contributed by atoms with E-state index in [0.717, 1.165) is 23.3 Å². The molecule has 0 N–H and O–H groups in total. The number of hydrogen-bond acceptors (Lipinski definition) is 3. The van der Waals surface area contributed by atoms with Crippen molar-refractivity contribution in [3.63, 3.8) is 0 Å². The minimum absolute atomic E-state index is 0.00133. The quantitative estimate of drug-likeness (QED) is 0.584. The van der Waals surface area contributed by atoms with Crippen LogP contribution >= 0.6 is 0 Å². The Morgan fingerprint density at radius 2 is 2.16 bits per heavy atom. The summed E-state index contributed by atoms with van der Waals surface area (Å²) in [6.07, 6.45) is 6.61. The standard InChI is InChI=1S/C16H18O3/c17-15(11-18-9-8-12-4-3-5-12)14-10-19-16-7-2-1-6-13(14)16/h1-2,6-7,10,12H,3-5,8-9,11H2. The minimum atomic E-state index is -0.00133. The van der Waals surface area contributed by atoms with Crippen molar-refractivity contribution in [1.29, 1.82) is 0 Å². The molecule has 1 saturated carbocycles. The van der Waals surface area contributed by atoms with Crippen LogP contribution in [0.4, 0.5) is 0 Å². The number of benzene rings is 1. The van der Waals surface area contributed by atoms with Crippen LogP contribution in [0, 0.1) is 5.92 Å². The first-order valence-electron chi connectivity index (χ1n) is 6.92.